The van der Waals surface area contributed by atoms with Crippen LogP contribution in [0.25, 0.3) is 16.9 Å². The van der Waals surface area contributed by atoms with E-state index < -0.39 is 0 Å². The molecule has 0 atom stereocenters. The Bertz CT molecular complexity index is 1260. The summed E-state index contributed by atoms with van der Waals surface area (Å²) in [6.45, 7) is 0.535. The summed E-state index contributed by atoms with van der Waals surface area (Å²) in [6.07, 6.45) is 0. The second-order valence-electron chi connectivity index (χ2n) is 6.73. The molecule has 0 saturated heterocycles. The van der Waals surface area contributed by atoms with Crippen molar-refractivity contribution in [2.75, 3.05) is 12.5 Å². The second kappa shape index (κ2) is 8.23. The van der Waals surface area contributed by atoms with Gasteiger partial charge < -0.3 is 14.8 Å². The Morgan fingerprint density at radius 1 is 1.06 bits per heavy atom. The third-order valence-electron chi connectivity index (χ3n) is 4.64. The van der Waals surface area contributed by atoms with E-state index in [-0.39, 0.29) is 24.3 Å². The molecule has 156 valence electrons. The molecule has 1 N–H and O–H groups in total. The fourth-order valence-corrected chi connectivity index (χ4v) is 3.77. The molecule has 0 spiro atoms. The smallest absolute Gasteiger partial charge is 0.231 e. The summed E-state index contributed by atoms with van der Waals surface area (Å²) >= 11 is 1.24. The molecule has 3 heterocycles. The Morgan fingerprint density at radius 2 is 1.90 bits per heavy atom. The monoisotopic (exact) mass is 437 g/mol. The van der Waals surface area contributed by atoms with Crippen LogP contribution in [0.4, 0.5) is 4.39 Å². The van der Waals surface area contributed by atoms with Crippen LogP contribution in [0, 0.1) is 5.82 Å². The van der Waals surface area contributed by atoms with Gasteiger partial charge in [-0.05, 0) is 48.0 Å². The molecule has 2 aromatic carbocycles. The van der Waals surface area contributed by atoms with Crippen molar-refractivity contribution in [3.63, 3.8) is 0 Å². The molecule has 0 aliphatic carbocycles. The first-order chi connectivity index (χ1) is 15.2. The largest absolute Gasteiger partial charge is 0.454 e. The molecule has 10 heteroatoms. The molecule has 5 rings (SSSR count). The second-order valence-corrected chi connectivity index (χ2v) is 7.67. The average Bonchev–Trinajstić information content (AvgIpc) is 3.43. The maximum absolute atomic E-state index is 13.0. The van der Waals surface area contributed by atoms with Gasteiger partial charge >= 0.3 is 0 Å². The molecule has 4 aromatic rings. The number of ether oxygens (including phenoxy) is 2. The van der Waals surface area contributed by atoms with Gasteiger partial charge in [-0.25, -0.2) is 4.39 Å². The van der Waals surface area contributed by atoms with Crippen molar-refractivity contribution in [2.45, 2.75) is 11.7 Å². The van der Waals surface area contributed by atoms with Crippen LogP contribution >= 0.6 is 11.8 Å². The van der Waals surface area contributed by atoms with Crippen molar-refractivity contribution in [3.05, 3.63) is 66.0 Å². The van der Waals surface area contributed by atoms with Gasteiger partial charge in [0.25, 0.3) is 0 Å². The minimum atomic E-state index is -0.308. The summed E-state index contributed by atoms with van der Waals surface area (Å²) in [7, 11) is 0. The average molecular weight is 437 g/mol. The first-order valence-electron chi connectivity index (χ1n) is 9.42. The molecule has 2 aromatic heterocycles. The van der Waals surface area contributed by atoms with Gasteiger partial charge in [0.15, 0.2) is 17.1 Å². The number of carbonyl (C=O) groups excluding carboxylic acids is 1. The van der Waals surface area contributed by atoms with Crippen molar-refractivity contribution in [2.24, 2.45) is 0 Å². The molecule has 0 unspecified atom stereocenters. The van der Waals surface area contributed by atoms with E-state index in [0.717, 1.165) is 11.1 Å². The zero-order valence-corrected chi connectivity index (χ0v) is 16.9. The van der Waals surface area contributed by atoms with Gasteiger partial charge in [0.05, 0.1) is 11.4 Å². The molecular weight excluding hydrogens is 421 g/mol. The predicted molar refractivity (Wildman–Crippen MR) is 111 cm³/mol. The number of carbonyl (C=O) groups is 1. The summed E-state index contributed by atoms with van der Waals surface area (Å²) in [6, 6.07) is 15.3. The summed E-state index contributed by atoms with van der Waals surface area (Å²) in [5.41, 5.74) is 2.99. The molecule has 0 saturated carbocycles. The number of benzene rings is 2. The van der Waals surface area contributed by atoms with Crippen molar-refractivity contribution >= 4 is 23.3 Å². The number of rotatable bonds is 6. The zero-order valence-electron chi connectivity index (χ0n) is 16.1. The van der Waals surface area contributed by atoms with Gasteiger partial charge in [0.1, 0.15) is 5.82 Å². The number of amides is 1. The molecule has 0 radical (unpaired) electrons. The Morgan fingerprint density at radius 3 is 2.77 bits per heavy atom. The third kappa shape index (κ3) is 4.15. The number of fused-ring (bicyclic) bond motifs is 2. The molecule has 0 bridgehead atoms. The standard InChI is InChI=1S/C21H16FN5O3S/c22-15-4-1-13(2-5-15)10-23-20(28)11-31-21-25-24-19-8-6-16(26-27(19)21)14-3-7-17-18(9-14)30-12-29-17/h1-9H,10-12H2,(H,23,28). The first-order valence-corrected chi connectivity index (χ1v) is 10.4. The number of hydrogen-bond acceptors (Lipinski definition) is 7. The number of hydrogen-bond donors (Lipinski definition) is 1. The van der Waals surface area contributed by atoms with Gasteiger partial charge in [-0.2, -0.15) is 9.61 Å². The lowest BCUT2D eigenvalue weighted by molar-refractivity contribution is -0.118. The molecule has 1 amide bonds. The lowest BCUT2D eigenvalue weighted by Gasteiger charge is -2.06. The van der Waals surface area contributed by atoms with E-state index in [1.807, 2.05) is 30.3 Å². The molecule has 1 aliphatic rings. The lowest BCUT2D eigenvalue weighted by Crippen LogP contribution is -2.24. The van der Waals surface area contributed by atoms with Gasteiger partial charge in [-0.15, -0.1) is 10.2 Å². The van der Waals surface area contributed by atoms with E-state index in [1.165, 1.54) is 23.9 Å². The van der Waals surface area contributed by atoms with Gasteiger partial charge in [-0.3, -0.25) is 4.79 Å². The summed E-state index contributed by atoms with van der Waals surface area (Å²) in [5, 5.41) is 16.2. The molecule has 31 heavy (non-hydrogen) atoms. The van der Waals surface area contributed by atoms with Crippen LogP contribution in [0.1, 0.15) is 5.56 Å². The van der Waals surface area contributed by atoms with E-state index >= 15 is 0 Å². The number of thioether (sulfide) groups is 1. The highest BCUT2D eigenvalue weighted by Gasteiger charge is 2.16. The molecule has 0 fully saturated rings. The van der Waals surface area contributed by atoms with Crippen molar-refractivity contribution in [1.82, 2.24) is 25.1 Å². The van der Waals surface area contributed by atoms with Crippen LogP contribution in [-0.2, 0) is 11.3 Å². The van der Waals surface area contributed by atoms with E-state index in [4.69, 9.17) is 9.47 Å². The van der Waals surface area contributed by atoms with Crippen LogP contribution in [-0.4, -0.2) is 38.3 Å². The fraction of sp³-hybridized carbons (Fsp3) is 0.143. The molecule has 8 nitrogen and oxygen atoms in total. The van der Waals surface area contributed by atoms with Crippen LogP contribution in [0.5, 0.6) is 11.5 Å². The number of aromatic nitrogens is 4. The van der Waals surface area contributed by atoms with Crippen LogP contribution in [0.15, 0.2) is 59.8 Å². The third-order valence-corrected chi connectivity index (χ3v) is 5.56. The predicted octanol–water partition coefficient (Wildman–Crippen LogP) is 3.07. The fourth-order valence-electron chi connectivity index (χ4n) is 3.05. The highest BCUT2D eigenvalue weighted by atomic mass is 32.2. The summed E-state index contributed by atoms with van der Waals surface area (Å²) < 4.78 is 25.4. The summed E-state index contributed by atoms with van der Waals surface area (Å²) in [4.78, 5) is 12.2. The minimum Gasteiger partial charge on any atom is -0.454 e. The van der Waals surface area contributed by atoms with Gasteiger partial charge in [0, 0.05) is 12.1 Å². The van der Waals surface area contributed by atoms with Gasteiger partial charge in [-0.1, -0.05) is 23.9 Å². The Labute approximate surface area is 180 Å². The van der Waals surface area contributed by atoms with E-state index in [9.17, 15) is 9.18 Å². The maximum atomic E-state index is 13.0. The topological polar surface area (TPSA) is 90.6 Å². The van der Waals surface area contributed by atoms with E-state index in [1.54, 1.807) is 16.6 Å². The van der Waals surface area contributed by atoms with E-state index in [2.05, 4.69) is 20.6 Å². The van der Waals surface area contributed by atoms with E-state index in [0.29, 0.717) is 34.5 Å². The Kier molecular flexibility index (Phi) is 5.13. The number of halogens is 1. The maximum Gasteiger partial charge on any atom is 0.231 e. The number of nitrogens with one attached hydrogen (secondary N) is 1. The normalized spacial score (nSPS) is 12.3. The minimum absolute atomic E-state index is 0.151. The van der Waals surface area contributed by atoms with Crippen molar-refractivity contribution in [3.8, 4) is 22.8 Å². The summed E-state index contributed by atoms with van der Waals surface area (Å²) in [5.74, 6) is 1.06. The SMILES string of the molecule is O=C(CSc1nnc2ccc(-c3ccc4c(c3)OCO4)nn12)NCc1ccc(F)cc1. The first kappa shape index (κ1) is 19.3. The van der Waals surface area contributed by atoms with Crippen LogP contribution < -0.4 is 14.8 Å². The molecular formula is C21H16FN5O3S. The molecule has 1 aliphatic heterocycles. The highest BCUT2D eigenvalue weighted by Crippen LogP contribution is 2.35. The van der Waals surface area contributed by atoms with Gasteiger partial charge in [0.2, 0.25) is 17.9 Å². The lowest BCUT2D eigenvalue weighted by atomic mass is 10.1. The van der Waals surface area contributed by atoms with Crippen LogP contribution in [0.3, 0.4) is 0 Å². The Hall–Kier alpha value is -3.66. The Balaban J connectivity index is 1.27. The number of nitrogens with zero attached hydrogens (tertiary/aromatic N) is 4. The highest BCUT2D eigenvalue weighted by molar-refractivity contribution is 7.99. The zero-order chi connectivity index (χ0) is 21.2. The van der Waals surface area contributed by atoms with Crippen LogP contribution in [0.2, 0.25) is 0 Å². The quantitative estimate of drug-likeness (QED) is 0.464. The van der Waals surface area contributed by atoms with Crippen molar-refractivity contribution in [1.29, 1.82) is 0 Å². The van der Waals surface area contributed by atoms with Crippen molar-refractivity contribution < 1.29 is 18.7 Å².